The minimum atomic E-state index is 0.0485. The third-order valence-electron chi connectivity index (χ3n) is 4.72. The van der Waals surface area contributed by atoms with Crippen molar-refractivity contribution in [2.45, 2.75) is 33.2 Å². The van der Waals surface area contributed by atoms with E-state index in [-0.39, 0.29) is 5.43 Å². The molecule has 0 radical (unpaired) electrons. The van der Waals surface area contributed by atoms with Crippen molar-refractivity contribution in [1.82, 2.24) is 4.68 Å². The molecule has 4 nitrogen and oxygen atoms in total. The number of hydrogen-bond donors (Lipinski definition) is 1. The van der Waals surface area contributed by atoms with Crippen LogP contribution in [0.5, 0.6) is 0 Å². The number of halogens is 1. The van der Waals surface area contributed by atoms with Crippen LogP contribution in [0.3, 0.4) is 0 Å². The first-order valence-electron chi connectivity index (χ1n) is 9.59. The van der Waals surface area contributed by atoms with Gasteiger partial charge in [0.2, 0.25) is 0 Å². The first kappa shape index (κ1) is 20.8. The van der Waals surface area contributed by atoms with Crippen LogP contribution < -0.4 is 16.2 Å². The molecule has 3 rings (SSSR count). The van der Waals surface area contributed by atoms with E-state index in [1.165, 1.54) is 19.8 Å². The predicted octanol–water partition coefficient (Wildman–Crippen LogP) is 4.91. The van der Waals surface area contributed by atoms with E-state index in [9.17, 15) is 4.79 Å². The molecule has 28 heavy (non-hydrogen) atoms. The zero-order valence-corrected chi connectivity index (χ0v) is 18.7. The van der Waals surface area contributed by atoms with E-state index in [2.05, 4.69) is 44.7 Å². The summed E-state index contributed by atoms with van der Waals surface area (Å²) in [5.41, 5.74) is 8.02. The van der Waals surface area contributed by atoms with Gasteiger partial charge in [-0.3, -0.25) is 9.47 Å². The number of fused-ring (bicyclic) bond motifs is 1. The minimum Gasteiger partial charge on any atom is -0.330 e. The van der Waals surface area contributed by atoms with Crippen molar-refractivity contribution in [2.75, 3.05) is 18.1 Å². The second-order valence-electron chi connectivity index (χ2n) is 6.60. The zero-order chi connectivity index (χ0) is 20.1. The number of rotatable bonds is 8. The number of thiophene rings is 1. The van der Waals surface area contributed by atoms with Crippen LogP contribution in [0.1, 0.15) is 35.6 Å². The van der Waals surface area contributed by atoms with Gasteiger partial charge in [0.05, 0.1) is 12.1 Å². The fraction of sp³-hybridized carbons (Fsp3) is 0.318. The molecular formula is C22H26BrN3OS. The lowest BCUT2D eigenvalue weighted by Gasteiger charge is -2.28. The lowest BCUT2D eigenvalue weighted by atomic mass is 10.2. The maximum absolute atomic E-state index is 12.3. The summed E-state index contributed by atoms with van der Waals surface area (Å²) >= 11 is 5.63. The van der Waals surface area contributed by atoms with Gasteiger partial charge in [-0.05, 0) is 54.4 Å². The summed E-state index contributed by atoms with van der Waals surface area (Å²) < 4.78 is 3.29. The third kappa shape index (κ3) is 4.24. The summed E-state index contributed by atoms with van der Waals surface area (Å²) in [6, 6.07) is 9.42. The lowest BCUT2D eigenvalue weighted by Crippen LogP contribution is -2.36. The highest BCUT2D eigenvalue weighted by atomic mass is 79.9. The van der Waals surface area contributed by atoms with Crippen molar-refractivity contribution < 1.29 is 0 Å². The Morgan fingerprint density at radius 2 is 2.04 bits per heavy atom. The second kappa shape index (κ2) is 9.54. The molecule has 0 amide bonds. The van der Waals surface area contributed by atoms with Crippen molar-refractivity contribution in [3.8, 4) is 0 Å². The molecule has 0 atom stereocenters. The molecule has 0 aliphatic heterocycles. The Labute approximate surface area is 178 Å². The van der Waals surface area contributed by atoms with Crippen molar-refractivity contribution in [2.24, 2.45) is 5.73 Å². The van der Waals surface area contributed by atoms with E-state index in [1.807, 2.05) is 48.7 Å². The molecule has 2 aromatic heterocycles. The fourth-order valence-corrected chi connectivity index (χ4v) is 5.50. The van der Waals surface area contributed by atoms with Crippen LogP contribution in [0, 0.1) is 0 Å². The molecular weight excluding hydrogens is 434 g/mol. The SMILES string of the molecule is CC=Cc1c(CN(CCCN)n2ccc(=O)c3ccccc32)sc(CC)c1Br. The summed E-state index contributed by atoms with van der Waals surface area (Å²) in [5.74, 6) is 0. The number of nitrogens with zero attached hydrogens (tertiary/aromatic N) is 2. The summed E-state index contributed by atoms with van der Waals surface area (Å²) in [6.07, 6.45) is 8.00. The molecule has 1 aromatic carbocycles. The van der Waals surface area contributed by atoms with E-state index in [0.717, 1.165) is 36.8 Å². The largest absolute Gasteiger partial charge is 0.330 e. The molecule has 0 saturated carbocycles. The minimum absolute atomic E-state index is 0.0485. The van der Waals surface area contributed by atoms with Crippen LogP contribution in [0.4, 0.5) is 0 Å². The van der Waals surface area contributed by atoms with Gasteiger partial charge in [-0.25, -0.2) is 0 Å². The summed E-state index contributed by atoms with van der Waals surface area (Å²) in [7, 11) is 0. The zero-order valence-electron chi connectivity index (χ0n) is 16.3. The lowest BCUT2D eigenvalue weighted by molar-refractivity contribution is 0.579. The van der Waals surface area contributed by atoms with Crippen LogP contribution >= 0.6 is 27.3 Å². The van der Waals surface area contributed by atoms with Crippen LogP contribution in [-0.2, 0) is 13.0 Å². The van der Waals surface area contributed by atoms with Crippen LogP contribution in [0.2, 0.25) is 0 Å². The van der Waals surface area contributed by atoms with Gasteiger partial charge in [0.1, 0.15) is 0 Å². The van der Waals surface area contributed by atoms with E-state index in [1.54, 1.807) is 6.07 Å². The first-order chi connectivity index (χ1) is 13.6. The number of para-hydroxylation sites is 1. The van der Waals surface area contributed by atoms with E-state index in [0.29, 0.717) is 6.54 Å². The Morgan fingerprint density at radius 1 is 1.25 bits per heavy atom. The van der Waals surface area contributed by atoms with Gasteiger partial charge in [0, 0.05) is 44.0 Å². The van der Waals surface area contributed by atoms with Crippen LogP contribution in [0.25, 0.3) is 17.0 Å². The Bertz CT molecular complexity index is 1040. The molecule has 2 heterocycles. The van der Waals surface area contributed by atoms with E-state index in [4.69, 9.17) is 5.73 Å². The average molecular weight is 460 g/mol. The van der Waals surface area contributed by atoms with E-state index < -0.39 is 0 Å². The van der Waals surface area contributed by atoms with Crippen molar-refractivity contribution in [3.05, 3.63) is 72.6 Å². The van der Waals surface area contributed by atoms with E-state index >= 15 is 0 Å². The standard InChI is InChI=1S/C22H26BrN3OS/c1-3-8-17-21(28-20(4-2)22(17)23)15-25(13-7-12-24)26-14-11-19(27)16-9-5-6-10-18(16)26/h3,5-6,8-11,14H,4,7,12-13,15,24H2,1-2H3. The number of aromatic nitrogens is 1. The predicted molar refractivity (Wildman–Crippen MR) is 125 cm³/mol. The fourth-order valence-electron chi connectivity index (χ4n) is 3.34. The molecule has 2 N–H and O–H groups in total. The number of aryl methyl sites for hydroxylation is 1. The molecule has 3 aromatic rings. The molecule has 0 unspecified atom stereocenters. The van der Waals surface area contributed by atoms with Gasteiger partial charge in [0.15, 0.2) is 5.43 Å². The number of nitrogens with two attached hydrogens (primary N) is 1. The Morgan fingerprint density at radius 3 is 2.75 bits per heavy atom. The van der Waals surface area contributed by atoms with Gasteiger partial charge < -0.3 is 10.7 Å². The highest BCUT2D eigenvalue weighted by molar-refractivity contribution is 9.10. The quantitative estimate of drug-likeness (QED) is 0.520. The summed E-state index contributed by atoms with van der Waals surface area (Å²) in [4.78, 5) is 14.9. The Kier molecular flexibility index (Phi) is 7.10. The Balaban J connectivity index is 2.08. The van der Waals surface area contributed by atoms with Crippen molar-refractivity contribution in [3.63, 3.8) is 0 Å². The Hall–Kier alpha value is -1.89. The number of benzene rings is 1. The van der Waals surface area contributed by atoms with Gasteiger partial charge in [-0.15, -0.1) is 11.3 Å². The maximum Gasteiger partial charge on any atom is 0.189 e. The number of allylic oxidation sites excluding steroid dienone is 1. The second-order valence-corrected chi connectivity index (χ2v) is 8.58. The highest BCUT2D eigenvalue weighted by Gasteiger charge is 2.17. The normalized spacial score (nSPS) is 11.6. The number of pyridine rings is 1. The summed E-state index contributed by atoms with van der Waals surface area (Å²) in [5, 5.41) is 3.01. The molecule has 6 heteroatoms. The van der Waals surface area contributed by atoms with Gasteiger partial charge in [-0.1, -0.05) is 31.2 Å². The molecule has 0 spiro atoms. The van der Waals surface area contributed by atoms with Crippen LogP contribution in [0.15, 0.2) is 51.9 Å². The van der Waals surface area contributed by atoms with Crippen LogP contribution in [-0.4, -0.2) is 17.8 Å². The summed E-state index contributed by atoms with van der Waals surface area (Å²) in [6.45, 7) is 6.43. The smallest absolute Gasteiger partial charge is 0.189 e. The average Bonchev–Trinajstić information content (AvgIpc) is 3.01. The topological polar surface area (TPSA) is 51.3 Å². The van der Waals surface area contributed by atoms with Crippen molar-refractivity contribution >= 4 is 44.2 Å². The van der Waals surface area contributed by atoms with Gasteiger partial charge in [0.25, 0.3) is 0 Å². The molecule has 148 valence electrons. The van der Waals surface area contributed by atoms with Gasteiger partial charge >= 0.3 is 0 Å². The highest BCUT2D eigenvalue weighted by Crippen LogP contribution is 2.35. The monoisotopic (exact) mass is 459 g/mol. The molecule has 0 saturated heterocycles. The maximum atomic E-state index is 12.3. The third-order valence-corrected chi connectivity index (χ3v) is 7.22. The molecule has 0 fully saturated rings. The first-order valence-corrected chi connectivity index (χ1v) is 11.2. The molecule has 0 aliphatic carbocycles. The molecule has 0 bridgehead atoms. The number of hydrogen-bond acceptors (Lipinski definition) is 4. The molecule has 0 aliphatic rings. The van der Waals surface area contributed by atoms with Gasteiger partial charge in [-0.2, -0.15) is 0 Å². The van der Waals surface area contributed by atoms with Crippen molar-refractivity contribution in [1.29, 1.82) is 0 Å².